The smallest absolute Gasteiger partial charge is 0.0605 e. The molecule has 1 rings (SSSR count). The zero-order valence-corrected chi connectivity index (χ0v) is 6.87. The van der Waals surface area contributed by atoms with Crippen molar-refractivity contribution >= 4 is 0 Å². The molecular weight excluding hydrogens is 136 g/mol. The molecule has 0 aromatic heterocycles. The van der Waals surface area contributed by atoms with E-state index < -0.39 is 0 Å². The van der Waals surface area contributed by atoms with Crippen LogP contribution in [0.15, 0.2) is 24.8 Å². The van der Waals surface area contributed by atoms with Crippen molar-refractivity contribution in [2.45, 2.75) is 31.8 Å². The van der Waals surface area contributed by atoms with Crippen molar-refractivity contribution < 1.29 is 5.11 Å². The second-order valence-electron chi connectivity index (χ2n) is 3.11. The molecule has 0 aliphatic heterocycles. The molecule has 1 nitrogen and oxygen atoms in total. The highest BCUT2D eigenvalue weighted by Crippen LogP contribution is 2.20. The summed E-state index contributed by atoms with van der Waals surface area (Å²) in [5.41, 5.74) is 0. The van der Waals surface area contributed by atoms with Crippen LogP contribution in [0.25, 0.3) is 0 Å². The van der Waals surface area contributed by atoms with Gasteiger partial charge in [-0.15, -0.1) is 6.58 Å². The summed E-state index contributed by atoms with van der Waals surface area (Å²) in [6, 6.07) is 0. The summed E-state index contributed by atoms with van der Waals surface area (Å²) >= 11 is 0. The standard InChI is InChI=1S/C10H16O/c1-2-6-9-7-4-3-5-8-10(9)11/h2,4,7,9-11H,1,3,5-6,8H2. The molecule has 0 spiro atoms. The third kappa shape index (κ3) is 2.51. The molecule has 1 aliphatic carbocycles. The van der Waals surface area contributed by atoms with Crippen LogP contribution in [0, 0.1) is 5.92 Å². The minimum absolute atomic E-state index is 0.147. The van der Waals surface area contributed by atoms with Crippen LogP contribution in [0.1, 0.15) is 25.7 Å². The fraction of sp³-hybridized carbons (Fsp3) is 0.600. The molecule has 0 bridgehead atoms. The van der Waals surface area contributed by atoms with Crippen LogP contribution in [-0.2, 0) is 0 Å². The summed E-state index contributed by atoms with van der Waals surface area (Å²) in [6.07, 6.45) is 10.1. The summed E-state index contributed by atoms with van der Waals surface area (Å²) in [6.45, 7) is 3.67. The number of hydrogen-bond acceptors (Lipinski definition) is 1. The fourth-order valence-electron chi connectivity index (χ4n) is 1.49. The van der Waals surface area contributed by atoms with E-state index in [4.69, 9.17) is 0 Å². The topological polar surface area (TPSA) is 20.2 Å². The van der Waals surface area contributed by atoms with E-state index in [1.807, 2.05) is 6.08 Å². The van der Waals surface area contributed by atoms with E-state index in [1.54, 1.807) is 0 Å². The summed E-state index contributed by atoms with van der Waals surface area (Å²) in [4.78, 5) is 0. The van der Waals surface area contributed by atoms with Gasteiger partial charge < -0.3 is 5.11 Å². The Kier molecular flexibility index (Phi) is 3.37. The van der Waals surface area contributed by atoms with E-state index in [-0.39, 0.29) is 6.10 Å². The molecule has 0 saturated heterocycles. The van der Waals surface area contributed by atoms with E-state index in [1.165, 1.54) is 0 Å². The summed E-state index contributed by atoms with van der Waals surface area (Å²) < 4.78 is 0. The Morgan fingerprint density at radius 1 is 1.64 bits per heavy atom. The number of hydrogen-bond donors (Lipinski definition) is 1. The molecule has 1 heteroatoms. The second-order valence-corrected chi connectivity index (χ2v) is 3.11. The van der Waals surface area contributed by atoms with E-state index in [9.17, 15) is 5.11 Å². The summed E-state index contributed by atoms with van der Waals surface area (Å²) in [5.74, 6) is 0.315. The normalized spacial score (nSPS) is 31.4. The van der Waals surface area contributed by atoms with Crippen molar-refractivity contribution in [3.8, 4) is 0 Å². The first-order valence-corrected chi connectivity index (χ1v) is 4.30. The van der Waals surface area contributed by atoms with Gasteiger partial charge in [-0.05, 0) is 25.7 Å². The lowest BCUT2D eigenvalue weighted by atomic mass is 9.97. The molecule has 62 valence electrons. The third-order valence-corrected chi connectivity index (χ3v) is 2.19. The molecule has 0 radical (unpaired) electrons. The lowest BCUT2D eigenvalue weighted by Gasteiger charge is -2.15. The van der Waals surface area contributed by atoms with Crippen LogP contribution in [0.2, 0.25) is 0 Å². The van der Waals surface area contributed by atoms with E-state index in [0.29, 0.717) is 5.92 Å². The van der Waals surface area contributed by atoms with Gasteiger partial charge in [-0.2, -0.15) is 0 Å². The Labute approximate surface area is 68.4 Å². The zero-order chi connectivity index (χ0) is 8.10. The van der Waals surface area contributed by atoms with Crippen LogP contribution < -0.4 is 0 Å². The lowest BCUT2D eigenvalue weighted by molar-refractivity contribution is 0.122. The van der Waals surface area contributed by atoms with Crippen LogP contribution >= 0.6 is 0 Å². The Morgan fingerprint density at radius 2 is 2.45 bits per heavy atom. The van der Waals surface area contributed by atoms with Gasteiger partial charge in [0.15, 0.2) is 0 Å². The van der Waals surface area contributed by atoms with Crippen LogP contribution in [0.4, 0.5) is 0 Å². The highest BCUT2D eigenvalue weighted by molar-refractivity contribution is 4.97. The maximum atomic E-state index is 9.58. The first-order chi connectivity index (χ1) is 5.34. The van der Waals surface area contributed by atoms with E-state index >= 15 is 0 Å². The van der Waals surface area contributed by atoms with Crippen molar-refractivity contribution in [2.75, 3.05) is 0 Å². The monoisotopic (exact) mass is 152 g/mol. The summed E-state index contributed by atoms with van der Waals surface area (Å²) in [5, 5.41) is 9.58. The van der Waals surface area contributed by atoms with Gasteiger partial charge in [0.2, 0.25) is 0 Å². The Hall–Kier alpha value is -0.560. The van der Waals surface area contributed by atoms with Gasteiger partial charge in [0.25, 0.3) is 0 Å². The molecule has 0 amide bonds. The quantitative estimate of drug-likeness (QED) is 0.602. The largest absolute Gasteiger partial charge is 0.393 e. The SMILES string of the molecule is C=CCC1C=CCCCC1O. The van der Waals surface area contributed by atoms with Crippen LogP contribution in [-0.4, -0.2) is 11.2 Å². The van der Waals surface area contributed by atoms with E-state index in [0.717, 1.165) is 25.7 Å². The van der Waals surface area contributed by atoms with Gasteiger partial charge in [0.1, 0.15) is 0 Å². The van der Waals surface area contributed by atoms with E-state index in [2.05, 4.69) is 18.7 Å². The molecule has 0 heterocycles. The zero-order valence-electron chi connectivity index (χ0n) is 6.87. The maximum Gasteiger partial charge on any atom is 0.0605 e. The molecule has 1 N–H and O–H groups in total. The van der Waals surface area contributed by atoms with Crippen molar-refractivity contribution in [1.29, 1.82) is 0 Å². The molecule has 0 fully saturated rings. The number of allylic oxidation sites excluding steroid dienone is 2. The van der Waals surface area contributed by atoms with Gasteiger partial charge in [-0.1, -0.05) is 18.2 Å². The lowest BCUT2D eigenvalue weighted by Crippen LogP contribution is -2.16. The molecule has 11 heavy (non-hydrogen) atoms. The van der Waals surface area contributed by atoms with Crippen molar-refractivity contribution in [3.05, 3.63) is 24.8 Å². The van der Waals surface area contributed by atoms with Gasteiger partial charge >= 0.3 is 0 Å². The van der Waals surface area contributed by atoms with Crippen molar-refractivity contribution in [2.24, 2.45) is 5.92 Å². The predicted octanol–water partition coefficient (Wildman–Crippen LogP) is 2.28. The molecule has 0 aromatic rings. The highest BCUT2D eigenvalue weighted by atomic mass is 16.3. The Bertz CT molecular complexity index is 149. The number of aliphatic hydroxyl groups is 1. The predicted molar refractivity (Wildman–Crippen MR) is 47.3 cm³/mol. The molecule has 1 aliphatic rings. The van der Waals surface area contributed by atoms with Gasteiger partial charge in [0.05, 0.1) is 6.10 Å². The van der Waals surface area contributed by atoms with Crippen molar-refractivity contribution in [3.63, 3.8) is 0 Å². The minimum atomic E-state index is -0.147. The van der Waals surface area contributed by atoms with Crippen molar-refractivity contribution in [1.82, 2.24) is 0 Å². The fourth-order valence-corrected chi connectivity index (χ4v) is 1.49. The highest BCUT2D eigenvalue weighted by Gasteiger charge is 2.15. The Morgan fingerprint density at radius 3 is 3.18 bits per heavy atom. The Balaban J connectivity index is 2.49. The molecular formula is C10H16O. The minimum Gasteiger partial charge on any atom is -0.393 e. The first-order valence-electron chi connectivity index (χ1n) is 4.30. The number of rotatable bonds is 2. The molecule has 0 aromatic carbocycles. The molecule has 2 atom stereocenters. The average molecular weight is 152 g/mol. The third-order valence-electron chi connectivity index (χ3n) is 2.19. The average Bonchev–Trinajstić information content (AvgIpc) is 2.18. The van der Waals surface area contributed by atoms with Gasteiger partial charge in [-0.3, -0.25) is 0 Å². The molecule has 2 unspecified atom stereocenters. The maximum absolute atomic E-state index is 9.58. The van der Waals surface area contributed by atoms with Gasteiger partial charge in [0, 0.05) is 5.92 Å². The van der Waals surface area contributed by atoms with Crippen LogP contribution in [0.3, 0.4) is 0 Å². The molecule has 0 saturated carbocycles. The van der Waals surface area contributed by atoms with Gasteiger partial charge in [-0.25, -0.2) is 0 Å². The summed E-state index contributed by atoms with van der Waals surface area (Å²) in [7, 11) is 0. The van der Waals surface area contributed by atoms with Crippen LogP contribution in [0.5, 0.6) is 0 Å². The number of aliphatic hydroxyl groups excluding tert-OH is 1. The first kappa shape index (κ1) is 8.54. The second kappa shape index (κ2) is 4.35.